The Hall–Kier alpha value is -2.40. The first kappa shape index (κ1) is 31.0. The topological polar surface area (TPSA) is 205 Å². The maximum atomic E-state index is 11.6. The van der Waals surface area contributed by atoms with E-state index in [0.29, 0.717) is 29.4 Å². The molecule has 14 heteroatoms. The van der Waals surface area contributed by atoms with Crippen LogP contribution in [0.4, 0.5) is 0 Å². The molecule has 2 aromatic rings. The molecule has 0 radical (unpaired) electrons. The number of fused-ring (bicyclic) bond motifs is 2. The molecule has 0 spiro atoms. The summed E-state index contributed by atoms with van der Waals surface area (Å²) in [5, 5.41) is 73.0. The smallest absolute Gasteiger partial charge is 0.335 e. The van der Waals surface area contributed by atoms with Crippen molar-refractivity contribution < 1.29 is 64.2 Å². The molecular weight excluding hydrogens is 580 g/mol. The molecule has 0 unspecified atom stereocenters. The normalized spacial score (nSPS) is 37.9. The summed E-state index contributed by atoms with van der Waals surface area (Å²) in [4.78, 5) is 11.6. The second kappa shape index (κ2) is 11.9. The van der Waals surface area contributed by atoms with Crippen molar-refractivity contribution >= 4 is 17.6 Å². The first-order chi connectivity index (χ1) is 20.0. The molecule has 2 bridgehead atoms. The number of aliphatic carboxylic acids is 1. The van der Waals surface area contributed by atoms with E-state index in [-0.39, 0.29) is 12.2 Å². The fraction of sp³-hybridized carbons (Fsp3) is 0.536. The maximum absolute atomic E-state index is 11.6. The van der Waals surface area contributed by atoms with Crippen LogP contribution in [-0.4, -0.2) is 116 Å². The van der Waals surface area contributed by atoms with E-state index in [1.807, 2.05) is 31.2 Å². The minimum Gasteiger partial charge on any atom is -0.494 e. The summed E-state index contributed by atoms with van der Waals surface area (Å²) in [5.41, 5.74) is 0.0318. The predicted octanol–water partition coefficient (Wildman–Crippen LogP) is -0.727. The van der Waals surface area contributed by atoms with Crippen LogP contribution in [-0.2, 0) is 35.9 Å². The summed E-state index contributed by atoms with van der Waals surface area (Å²) in [7, 11) is 0. The number of aliphatic hydroxyl groups excluding tert-OH is 6. The second-order valence-electron chi connectivity index (χ2n) is 10.6. The summed E-state index contributed by atoms with van der Waals surface area (Å²) in [5.74, 6) is -2.94. The molecule has 0 amide bonds. The highest BCUT2D eigenvalue weighted by Gasteiger charge is 2.69. The third-order valence-corrected chi connectivity index (χ3v) is 8.24. The monoisotopic (exact) mass is 612 g/mol. The average molecular weight is 613 g/mol. The van der Waals surface area contributed by atoms with Crippen LogP contribution in [0.25, 0.3) is 0 Å². The van der Waals surface area contributed by atoms with Crippen LogP contribution in [0, 0.1) is 0 Å². The molecule has 7 N–H and O–H groups in total. The lowest BCUT2D eigenvalue weighted by molar-refractivity contribution is -0.383. The second-order valence-corrected chi connectivity index (χ2v) is 11.0. The van der Waals surface area contributed by atoms with E-state index in [1.165, 1.54) is 6.07 Å². The zero-order chi connectivity index (χ0) is 30.4. The third kappa shape index (κ3) is 5.29. The standard InChI is InChI=1S/C28H33ClO13/c1-2-38-16-6-3-13(4-7-16)9-14-10-15(5-8-17(14)29)28-24(21(34)23(35)27(11-30,42-28)12-39-28)41-26-20(33)18(31)19(32)22(40-26)25(36)37/h3-8,10,18-24,26,30-35H,2,9,11-12H2,1H3,(H,36,37)/t18-,19-,20+,21-,22-,23-,24+,26-,27-,28-/m0/s1. The van der Waals surface area contributed by atoms with E-state index < -0.39 is 73.0 Å². The zero-order valence-electron chi connectivity index (χ0n) is 22.4. The lowest BCUT2D eigenvalue weighted by Gasteiger charge is -2.49. The number of benzene rings is 2. The van der Waals surface area contributed by atoms with Gasteiger partial charge in [-0.05, 0) is 48.7 Å². The molecule has 230 valence electrons. The molecule has 42 heavy (non-hydrogen) atoms. The third-order valence-electron chi connectivity index (χ3n) is 7.87. The Morgan fingerprint density at radius 3 is 2.38 bits per heavy atom. The van der Waals surface area contributed by atoms with E-state index in [9.17, 15) is 40.5 Å². The number of aliphatic hydroxyl groups is 6. The Bertz CT molecular complexity index is 1280. The summed E-state index contributed by atoms with van der Waals surface area (Å²) in [6, 6.07) is 12.1. The Labute approximate surface area is 245 Å². The summed E-state index contributed by atoms with van der Waals surface area (Å²) < 4.78 is 28.8. The van der Waals surface area contributed by atoms with Gasteiger partial charge in [-0.25, -0.2) is 4.79 Å². The van der Waals surface area contributed by atoms with Crippen molar-refractivity contribution in [1.82, 2.24) is 0 Å². The minimum atomic E-state index is -2.01. The molecule has 5 rings (SSSR count). The van der Waals surface area contributed by atoms with Crippen molar-refractivity contribution in [3.8, 4) is 5.75 Å². The highest BCUT2D eigenvalue weighted by Crippen LogP contribution is 2.51. The summed E-state index contributed by atoms with van der Waals surface area (Å²) in [6.45, 7) is 1.30. The van der Waals surface area contributed by atoms with Crippen LogP contribution in [0.15, 0.2) is 42.5 Å². The van der Waals surface area contributed by atoms with Crippen molar-refractivity contribution in [2.24, 2.45) is 0 Å². The first-order valence-corrected chi connectivity index (χ1v) is 13.7. The molecule has 0 aromatic heterocycles. The molecule has 3 heterocycles. The molecule has 0 aliphatic carbocycles. The van der Waals surface area contributed by atoms with E-state index in [2.05, 4.69) is 0 Å². The molecule has 3 fully saturated rings. The number of carbonyl (C=O) groups is 1. The molecule has 10 atom stereocenters. The van der Waals surface area contributed by atoms with Gasteiger partial charge in [-0.3, -0.25) is 0 Å². The summed E-state index contributed by atoms with van der Waals surface area (Å²) in [6.07, 6.45) is -14.7. The lowest BCUT2D eigenvalue weighted by atomic mass is 9.83. The van der Waals surface area contributed by atoms with Gasteiger partial charge in [0.1, 0.15) is 48.0 Å². The number of halogens is 1. The van der Waals surface area contributed by atoms with Crippen molar-refractivity contribution in [3.63, 3.8) is 0 Å². The van der Waals surface area contributed by atoms with Crippen LogP contribution >= 0.6 is 11.6 Å². The van der Waals surface area contributed by atoms with Crippen molar-refractivity contribution in [1.29, 1.82) is 0 Å². The number of carboxylic acid groups (broad SMARTS) is 1. The van der Waals surface area contributed by atoms with Crippen molar-refractivity contribution in [2.45, 2.75) is 73.8 Å². The van der Waals surface area contributed by atoms with Gasteiger partial charge in [-0.1, -0.05) is 29.8 Å². The number of ether oxygens (including phenoxy) is 5. The van der Waals surface area contributed by atoms with E-state index >= 15 is 0 Å². The molecular formula is C28H33ClO13. The van der Waals surface area contributed by atoms with Crippen LogP contribution in [0.1, 0.15) is 23.6 Å². The molecule has 3 aliphatic heterocycles. The van der Waals surface area contributed by atoms with Crippen LogP contribution in [0.3, 0.4) is 0 Å². The Morgan fingerprint density at radius 1 is 1.02 bits per heavy atom. The van der Waals surface area contributed by atoms with Crippen molar-refractivity contribution in [2.75, 3.05) is 19.8 Å². The van der Waals surface area contributed by atoms with Crippen LogP contribution < -0.4 is 4.74 Å². The fourth-order valence-electron chi connectivity index (χ4n) is 5.55. The predicted molar refractivity (Wildman–Crippen MR) is 142 cm³/mol. The highest BCUT2D eigenvalue weighted by atomic mass is 35.5. The first-order valence-electron chi connectivity index (χ1n) is 13.4. The largest absolute Gasteiger partial charge is 0.494 e. The summed E-state index contributed by atoms with van der Waals surface area (Å²) >= 11 is 6.53. The van der Waals surface area contributed by atoms with Gasteiger partial charge in [0.15, 0.2) is 12.4 Å². The quantitative estimate of drug-likeness (QED) is 0.187. The lowest BCUT2D eigenvalue weighted by Crippen LogP contribution is -2.68. The maximum Gasteiger partial charge on any atom is 0.335 e. The number of hydrogen-bond donors (Lipinski definition) is 7. The molecule has 13 nitrogen and oxygen atoms in total. The fourth-order valence-corrected chi connectivity index (χ4v) is 5.74. The van der Waals surface area contributed by atoms with Crippen LogP contribution in [0.5, 0.6) is 5.75 Å². The highest BCUT2D eigenvalue weighted by molar-refractivity contribution is 6.31. The molecule has 3 saturated heterocycles. The van der Waals surface area contributed by atoms with E-state index in [0.717, 1.165) is 5.56 Å². The van der Waals surface area contributed by atoms with Gasteiger partial charge in [0, 0.05) is 10.6 Å². The Kier molecular flexibility index (Phi) is 8.83. The Balaban J connectivity index is 1.51. The van der Waals surface area contributed by atoms with Gasteiger partial charge in [0.05, 0.1) is 19.8 Å². The van der Waals surface area contributed by atoms with Gasteiger partial charge in [0.25, 0.3) is 0 Å². The number of hydrogen-bond acceptors (Lipinski definition) is 12. The zero-order valence-corrected chi connectivity index (χ0v) is 23.2. The SMILES string of the molecule is CCOc1ccc(Cc2cc([C@]34OC[C@](CO)(O3)[C@@H](O)[C@H](O)[C@H]4O[C@@H]3O[C@H](C(=O)O)[C@@H](O)[C@H](O)[C@H]3O)ccc2Cl)cc1. The minimum absolute atomic E-state index is 0.264. The molecule has 3 aliphatic rings. The molecule has 2 aromatic carbocycles. The van der Waals surface area contributed by atoms with Gasteiger partial charge in [0.2, 0.25) is 5.79 Å². The molecule has 0 saturated carbocycles. The van der Waals surface area contributed by atoms with Gasteiger partial charge in [-0.15, -0.1) is 0 Å². The van der Waals surface area contributed by atoms with Crippen molar-refractivity contribution in [3.05, 3.63) is 64.2 Å². The van der Waals surface area contributed by atoms with E-state index in [1.54, 1.807) is 12.1 Å². The van der Waals surface area contributed by atoms with E-state index in [4.69, 9.17) is 35.3 Å². The van der Waals surface area contributed by atoms with Crippen LogP contribution in [0.2, 0.25) is 5.02 Å². The van der Waals surface area contributed by atoms with Gasteiger partial charge >= 0.3 is 5.97 Å². The van der Waals surface area contributed by atoms with Gasteiger partial charge in [-0.2, -0.15) is 0 Å². The van der Waals surface area contributed by atoms with Gasteiger partial charge < -0.3 is 59.4 Å². The number of rotatable bonds is 9. The Morgan fingerprint density at radius 2 is 1.74 bits per heavy atom. The average Bonchev–Trinajstić information content (AvgIpc) is 3.35. The number of carboxylic acids is 1.